The van der Waals surface area contributed by atoms with Gasteiger partial charge in [-0.1, -0.05) is 17.7 Å². The monoisotopic (exact) mass is 308 g/mol. The minimum absolute atomic E-state index is 0.0600. The van der Waals surface area contributed by atoms with Crippen LogP contribution in [-0.4, -0.2) is 19.2 Å². The molecule has 0 saturated heterocycles. The molecule has 112 valence electrons. The summed E-state index contributed by atoms with van der Waals surface area (Å²) in [5, 5.41) is 13.8. The molecule has 1 unspecified atom stereocenters. The van der Waals surface area contributed by atoms with Crippen LogP contribution < -0.4 is 10.2 Å². The van der Waals surface area contributed by atoms with Gasteiger partial charge in [-0.3, -0.25) is 0 Å². The fraction of sp³-hybridized carbons (Fsp3) is 0.250. The normalized spacial score (nSPS) is 12.0. The lowest BCUT2D eigenvalue weighted by molar-refractivity contribution is 0.462. The molecule has 1 atom stereocenters. The summed E-state index contributed by atoms with van der Waals surface area (Å²) in [6.45, 7) is 1.86. The first-order valence-electron chi connectivity index (χ1n) is 6.61. The quantitative estimate of drug-likeness (QED) is 0.877. The topological polar surface area (TPSA) is 35.5 Å². The van der Waals surface area contributed by atoms with E-state index < -0.39 is 0 Å². The van der Waals surface area contributed by atoms with Gasteiger partial charge in [0.15, 0.2) is 0 Å². The lowest BCUT2D eigenvalue weighted by Crippen LogP contribution is -2.14. The zero-order valence-corrected chi connectivity index (χ0v) is 12.9. The van der Waals surface area contributed by atoms with Crippen molar-refractivity contribution in [3.8, 4) is 5.75 Å². The van der Waals surface area contributed by atoms with Gasteiger partial charge in [0.25, 0.3) is 0 Å². The highest BCUT2D eigenvalue weighted by Gasteiger charge is 2.15. The lowest BCUT2D eigenvalue weighted by atomic mass is 10.1. The lowest BCUT2D eigenvalue weighted by Gasteiger charge is -2.23. The van der Waals surface area contributed by atoms with Crippen LogP contribution in [0.15, 0.2) is 36.4 Å². The van der Waals surface area contributed by atoms with Crippen molar-refractivity contribution < 1.29 is 9.50 Å². The zero-order valence-electron chi connectivity index (χ0n) is 12.2. The second-order valence-corrected chi connectivity index (χ2v) is 5.51. The van der Waals surface area contributed by atoms with E-state index >= 15 is 0 Å². The van der Waals surface area contributed by atoms with Crippen molar-refractivity contribution in [2.45, 2.75) is 13.0 Å². The van der Waals surface area contributed by atoms with E-state index in [1.807, 2.05) is 44.1 Å². The molecule has 0 aromatic heterocycles. The maximum Gasteiger partial charge on any atom is 0.123 e. The number of hydrogen-bond acceptors (Lipinski definition) is 3. The van der Waals surface area contributed by atoms with E-state index in [4.69, 9.17) is 11.6 Å². The molecule has 0 aliphatic carbocycles. The summed E-state index contributed by atoms with van der Waals surface area (Å²) in [6, 6.07) is 9.20. The summed E-state index contributed by atoms with van der Waals surface area (Å²) in [7, 11) is 3.80. The van der Waals surface area contributed by atoms with Crippen LogP contribution in [0.25, 0.3) is 0 Å². The van der Waals surface area contributed by atoms with Crippen LogP contribution in [0.3, 0.4) is 0 Å². The number of aromatic hydroxyl groups is 1. The zero-order chi connectivity index (χ0) is 15.6. The van der Waals surface area contributed by atoms with Crippen molar-refractivity contribution in [3.63, 3.8) is 0 Å². The summed E-state index contributed by atoms with van der Waals surface area (Å²) in [4.78, 5) is 1.91. The largest absolute Gasteiger partial charge is 0.508 e. The number of hydrogen-bond donors (Lipinski definition) is 2. The summed E-state index contributed by atoms with van der Waals surface area (Å²) in [5.74, 6) is -0.319. The van der Waals surface area contributed by atoms with Crippen molar-refractivity contribution in [3.05, 3.63) is 52.8 Å². The summed E-state index contributed by atoms with van der Waals surface area (Å²) >= 11 is 6.22. The third kappa shape index (κ3) is 3.39. The number of benzene rings is 2. The molecule has 5 heteroatoms. The number of phenols is 1. The van der Waals surface area contributed by atoms with E-state index in [-0.39, 0.29) is 17.6 Å². The van der Waals surface area contributed by atoms with Gasteiger partial charge < -0.3 is 15.3 Å². The average molecular weight is 309 g/mol. The van der Waals surface area contributed by atoms with Crippen LogP contribution >= 0.6 is 11.6 Å². The molecule has 2 aromatic carbocycles. The molecule has 0 saturated carbocycles. The van der Waals surface area contributed by atoms with E-state index in [0.29, 0.717) is 10.6 Å². The van der Waals surface area contributed by atoms with Crippen LogP contribution in [0.2, 0.25) is 5.02 Å². The van der Waals surface area contributed by atoms with Gasteiger partial charge in [0, 0.05) is 19.7 Å². The van der Waals surface area contributed by atoms with Crippen LogP contribution in [0.5, 0.6) is 5.75 Å². The standard InChI is InChI=1S/C16H18ClFN2O/c1-10(12-9-11(18)7-8-15(12)21)19-14-6-4-5-13(17)16(14)20(2)3/h4-10,19,21H,1-3H3. The van der Waals surface area contributed by atoms with Gasteiger partial charge >= 0.3 is 0 Å². The van der Waals surface area contributed by atoms with E-state index in [1.54, 1.807) is 0 Å². The van der Waals surface area contributed by atoms with Crippen LogP contribution in [0.4, 0.5) is 15.8 Å². The van der Waals surface area contributed by atoms with Crippen LogP contribution in [0, 0.1) is 5.82 Å². The van der Waals surface area contributed by atoms with Crippen molar-refractivity contribution in [2.24, 2.45) is 0 Å². The Morgan fingerprint density at radius 3 is 2.62 bits per heavy atom. The van der Waals surface area contributed by atoms with E-state index in [2.05, 4.69) is 5.32 Å². The van der Waals surface area contributed by atoms with Gasteiger partial charge in [0.05, 0.1) is 22.4 Å². The second kappa shape index (κ2) is 6.22. The van der Waals surface area contributed by atoms with Crippen LogP contribution in [-0.2, 0) is 0 Å². The molecular formula is C16H18ClFN2O. The molecule has 0 aliphatic heterocycles. The van der Waals surface area contributed by atoms with E-state index in [1.165, 1.54) is 18.2 Å². The Morgan fingerprint density at radius 2 is 1.95 bits per heavy atom. The van der Waals surface area contributed by atoms with Crippen LogP contribution in [0.1, 0.15) is 18.5 Å². The SMILES string of the molecule is CC(Nc1cccc(Cl)c1N(C)C)c1cc(F)ccc1O. The van der Waals surface area contributed by atoms with Gasteiger partial charge in [0.1, 0.15) is 11.6 Å². The predicted octanol–water partition coefficient (Wildman–Crippen LogP) is 4.42. The molecule has 2 aromatic rings. The Morgan fingerprint density at radius 1 is 1.24 bits per heavy atom. The van der Waals surface area contributed by atoms with Gasteiger partial charge in [-0.15, -0.1) is 0 Å². The Balaban J connectivity index is 2.34. The number of nitrogens with zero attached hydrogens (tertiary/aromatic N) is 1. The molecule has 0 heterocycles. The Bertz CT molecular complexity index is 646. The first kappa shape index (κ1) is 15.4. The molecule has 21 heavy (non-hydrogen) atoms. The highest BCUT2D eigenvalue weighted by Crippen LogP contribution is 2.35. The van der Waals surface area contributed by atoms with E-state index in [0.717, 1.165) is 11.4 Å². The van der Waals surface area contributed by atoms with E-state index in [9.17, 15) is 9.50 Å². The predicted molar refractivity (Wildman–Crippen MR) is 85.9 cm³/mol. The molecule has 2 N–H and O–H groups in total. The van der Waals surface area contributed by atoms with Crippen molar-refractivity contribution in [2.75, 3.05) is 24.3 Å². The fourth-order valence-electron chi connectivity index (χ4n) is 2.27. The van der Waals surface area contributed by atoms with Gasteiger partial charge in [-0.25, -0.2) is 4.39 Å². The third-order valence-corrected chi connectivity index (χ3v) is 3.57. The minimum Gasteiger partial charge on any atom is -0.508 e. The summed E-state index contributed by atoms with van der Waals surface area (Å²) in [5.41, 5.74) is 2.17. The van der Waals surface area contributed by atoms with Gasteiger partial charge in [-0.05, 0) is 37.3 Å². The number of rotatable bonds is 4. The Kier molecular flexibility index (Phi) is 4.58. The number of anilines is 2. The van der Waals surface area contributed by atoms with Crippen molar-refractivity contribution >= 4 is 23.0 Å². The Labute approximate surface area is 129 Å². The molecule has 2 rings (SSSR count). The molecule has 0 spiro atoms. The molecule has 0 fully saturated rings. The molecule has 0 amide bonds. The minimum atomic E-state index is -0.379. The molecule has 0 radical (unpaired) electrons. The van der Waals surface area contributed by atoms with Crippen molar-refractivity contribution in [1.82, 2.24) is 0 Å². The molecule has 3 nitrogen and oxygen atoms in total. The van der Waals surface area contributed by atoms with Gasteiger partial charge in [0.2, 0.25) is 0 Å². The number of nitrogens with one attached hydrogen (secondary N) is 1. The number of halogens is 2. The molecule has 0 bridgehead atoms. The van der Waals surface area contributed by atoms with Crippen molar-refractivity contribution in [1.29, 1.82) is 0 Å². The third-order valence-electron chi connectivity index (χ3n) is 3.26. The maximum absolute atomic E-state index is 13.3. The first-order chi connectivity index (χ1) is 9.90. The average Bonchev–Trinajstić information content (AvgIpc) is 2.41. The fourth-order valence-corrected chi connectivity index (χ4v) is 2.61. The summed E-state index contributed by atoms with van der Waals surface area (Å²) < 4.78 is 13.3. The smallest absolute Gasteiger partial charge is 0.123 e. The maximum atomic E-state index is 13.3. The molecular weight excluding hydrogens is 291 g/mol. The van der Waals surface area contributed by atoms with Gasteiger partial charge in [-0.2, -0.15) is 0 Å². The second-order valence-electron chi connectivity index (χ2n) is 5.10. The number of para-hydroxylation sites is 1. The highest BCUT2D eigenvalue weighted by atomic mass is 35.5. The highest BCUT2D eigenvalue weighted by molar-refractivity contribution is 6.34. The number of phenolic OH excluding ortho intramolecular Hbond substituents is 1. The summed E-state index contributed by atoms with van der Waals surface area (Å²) in [6.07, 6.45) is 0. The molecule has 0 aliphatic rings. The first-order valence-corrected chi connectivity index (χ1v) is 6.98. The Hall–Kier alpha value is -1.94.